The molecule has 7 nitrogen and oxygen atoms in total. The number of aryl methyl sites for hydroxylation is 2. The molecule has 0 saturated carbocycles. The summed E-state index contributed by atoms with van der Waals surface area (Å²) in [5.41, 5.74) is 1.35. The highest BCUT2D eigenvalue weighted by molar-refractivity contribution is 6.10. The van der Waals surface area contributed by atoms with Crippen LogP contribution in [-0.2, 0) is 0 Å². The summed E-state index contributed by atoms with van der Waals surface area (Å²) in [5.74, 6) is 0.313. The second-order valence-corrected chi connectivity index (χ2v) is 5.63. The van der Waals surface area contributed by atoms with Crippen molar-refractivity contribution in [2.45, 2.75) is 20.8 Å². The average molecular weight is 323 g/mol. The van der Waals surface area contributed by atoms with Crippen LogP contribution in [0.25, 0.3) is 27.6 Å². The number of fused-ring (bicyclic) bond motifs is 3. The van der Waals surface area contributed by atoms with Crippen LogP contribution in [0, 0.1) is 13.8 Å². The lowest BCUT2D eigenvalue weighted by Gasteiger charge is -2.03. The summed E-state index contributed by atoms with van der Waals surface area (Å²) < 4.78 is 12.9. The first-order chi connectivity index (χ1) is 11.5. The Morgan fingerprint density at radius 1 is 1.17 bits per heavy atom. The zero-order valence-electron chi connectivity index (χ0n) is 13.3. The van der Waals surface area contributed by atoms with E-state index in [4.69, 9.17) is 8.83 Å². The average Bonchev–Trinajstić information content (AvgIpc) is 3.12. The van der Waals surface area contributed by atoms with Crippen molar-refractivity contribution in [2.24, 2.45) is 0 Å². The smallest absolute Gasteiger partial charge is 0.349 e. The molecule has 0 fully saturated rings. The van der Waals surface area contributed by atoms with E-state index >= 15 is 0 Å². The van der Waals surface area contributed by atoms with Crippen molar-refractivity contribution in [1.29, 1.82) is 0 Å². The lowest BCUT2D eigenvalue weighted by molar-refractivity contribution is 0.0989. The number of Topliss-reactive ketones (excluding diaryl/α,β-unsaturated/α-hetero) is 1. The lowest BCUT2D eigenvalue weighted by atomic mass is 10.1. The van der Waals surface area contributed by atoms with Gasteiger partial charge in [-0.25, -0.2) is 4.79 Å². The fourth-order valence-corrected chi connectivity index (χ4v) is 2.89. The number of furan rings is 1. The Bertz CT molecular complexity index is 1180. The zero-order chi connectivity index (χ0) is 17.0. The normalized spacial score (nSPS) is 11.5. The summed E-state index contributed by atoms with van der Waals surface area (Å²) in [6, 6.07) is 5.48. The fraction of sp³-hybridized carbons (Fsp3) is 0.176. The first kappa shape index (κ1) is 14.4. The van der Waals surface area contributed by atoms with Crippen molar-refractivity contribution in [2.75, 3.05) is 0 Å². The van der Waals surface area contributed by atoms with Crippen molar-refractivity contribution in [3.8, 4) is 5.69 Å². The Morgan fingerprint density at radius 2 is 1.96 bits per heavy atom. The number of hydrogen-bond acceptors (Lipinski definition) is 6. The van der Waals surface area contributed by atoms with Gasteiger partial charge < -0.3 is 8.83 Å². The lowest BCUT2D eigenvalue weighted by Crippen LogP contribution is -2.06. The van der Waals surface area contributed by atoms with E-state index in [1.807, 2.05) is 19.1 Å². The second kappa shape index (κ2) is 4.89. The Kier molecular flexibility index (Phi) is 2.93. The maximum Gasteiger partial charge on any atom is 0.349 e. The van der Waals surface area contributed by atoms with Gasteiger partial charge in [0.15, 0.2) is 17.1 Å². The molecule has 0 aliphatic rings. The summed E-state index contributed by atoms with van der Waals surface area (Å²) in [4.78, 5) is 24.7. The molecule has 120 valence electrons. The summed E-state index contributed by atoms with van der Waals surface area (Å²) in [7, 11) is 0. The van der Waals surface area contributed by atoms with Crippen LogP contribution in [0.5, 0.6) is 0 Å². The van der Waals surface area contributed by atoms with Crippen molar-refractivity contribution in [1.82, 2.24) is 14.8 Å². The third-order valence-corrected chi connectivity index (χ3v) is 4.02. The van der Waals surface area contributed by atoms with Gasteiger partial charge in [-0.05, 0) is 25.5 Å². The molecule has 3 aromatic heterocycles. The zero-order valence-corrected chi connectivity index (χ0v) is 13.3. The molecule has 3 heterocycles. The van der Waals surface area contributed by atoms with E-state index in [1.165, 1.54) is 13.3 Å². The van der Waals surface area contributed by atoms with E-state index in [9.17, 15) is 9.59 Å². The fourth-order valence-electron chi connectivity index (χ4n) is 2.89. The minimum atomic E-state index is -0.564. The van der Waals surface area contributed by atoms with Crippen molar-refractivity contribution in [3.05, 3.63) is 52.1 Å². The van der Waals surface area contributed by atoms with E-state index in [1.54, 1.807) is 17.6 Å². The Morgan fingerprint density at radius 3 is 2.62 bits per heavy atom. The number of para-hydroxylation sites is 1. The predicted octanol–water partition coefficient (Wildman–Crippen LogP) is 2.94. The molecular formula is C17H13N3O4. The third kappa shape index (κ3) is 1.84. The summed E-state index contributed by atoms with van der Waals surface area (Å²) >= 11 is 0. The van der Waals surface area contributed by atoms with Crippen LogP contribution >= 0.6 is 0 Å². The first-order valence-corrected chi connectivity index (χ1v) is 7.36. The molecule has 0 aliphatic carbocycles. The third-order valence-electron chi connectivity index (χ3n) is 4.02. The van der Waals surface area contributed by atoms with Crippen molar-refractivity contribution in [3.63, 3.8) is 0 Å². The number of ketones is 1. The monoisotopic (exact) mass is 323 g/mol. The maximum absolute atomic E-state index is 12.6. The topological polar surface area (TPSA) is 91.1 Å². The SMILES string of the molecule is CC(=O)c1oc2c(c1-n1cnnc1C)c(=O)oc1c(C)cccc12. The quantitative estimate of drug-likeness (QED) is 0.416. The maximum atomic E-state index is 12.6. The van der Waals surface area contributed by atoms with Crippen LogP contribution in [0.3, 0.4) is 0 Å². The van der Waals surface area contributed by atoms with Crippen LogP contribution in [0.2, 0.25) is 0 Å². The molecular weight excluding hydrogens is 310 g/mol. The number of nitrogens with zero attached hydrogens (tertiary/aromatic N) is 3. The molecule has 0 amide bonds. The molecule has 1 aromatic carbocycles. The second-order valence-electron chi connectivity index (χ2n) is 5.63. The van der Waals surface area contributed by atoms with Gasteiger partial charge in [-0.15, -0.1) is 10.2 Å². The number of hydrogen-bond donors (Lipinski definition) is 0. The van der Waals surface area contributed by atoms with Gasteiger partial charge >= 0.3 is 5.63 Å². The first-order valence-electron chi connectivity index (χ1n) is 7.36. The minimum absolute atomic E-state index is 0.0780. The van der Waals surface area contributed by atoms with E-state index in [0.29, 0.717) is 28.1 Å². The van der Waals surface area contributed by atoms with E-state index in [2.05, 4.69) is 10.2 Å². The molecule has 7 heteroatoms. The molecule has 0 bridgehead atoms. The largest absolute Gasteiger partial charge is 0.450 e. The van der Waals surface area contributed by atoms with Gasteiger partial charge in [-0.1, -0.05) is 12.1 Å². The van der Waals surface area contributed by atoms with Crippen LogP contribution in [0.1, 0.15) is 28.9 Å². The van der Waals surface area contributed by atoms with Gasteiger partial charge in [-0.2, -0.15) is 0 Å². The Balaban J connectivity index is 2.28. The van der Waals surface area contributed by atoms with Gasteiger partial charge in [0.2, 0.25) is 0 Å². The van der Waals surface area contributed by atoms with Crippen LogP contribution in [-0.4, -0.2) is 20.5 Å². The van der Waals surface area contributed by atoms with Crippen molar-refractivity contribution >= 4 is 27.7 Å². The van der Waals surface area contributed by atoms with Gasteiger partial charge in [0, 0.05) is 6.92 Å². The molecule has 4 rings (SSSR count). The van der Waals surface area contributed by atoms with Gasteiger partial charge in [-0.3, -0.25) is 9.36 Å². The number of benzene rings is 1. The standard InChI is InChI=1S/C17H13N3O4/c1-8-5-4-6-11-14(8)24-17(22)12-13(20-7-18-19-10(20)3)15(9(2)21)23-16(11)12/h4-7H,1-3H3. The van der Waals surface area contributed by atoms with Gasteiger partial charge in [0.25, 0.3) is 0 Å². The number of carbonyl (C=O) groups excluding carboxylic acids is 1. The van der Waals surface area contributed by atoms with Crippen LogP contribution < -0.4 is 5.63 Å². The number of carbonyl (C=O) groups is 1. The summed E-state index contributed by atoms with van der Waals surface area (Å²) in [5, 5.41) is 8.58. The van der Waals surface area contributed by atoms with Gasteiger partial charge in [0.1, 0.15) is 28.8 Å². The molecule has 0 radical (unpaired) electrons. The summed E-state index contributed by atoms with van der Waals surface area (Å²) in [6.07, 6.45) is 1.44. The van der Waals surface area contributed by atoms with Crippen molar-refractivity contribution < 1.29 is 13.6 Å². The molecule has 0 aliphatic heterocycles. The van der Waals surface area contributed by atoms with E-state index in [-0.39, 0.29) is 16.9 Å². The molecule has 0 atom stereocenters. The Hall–Kier alpha value is -3.22. The minimum Gasteiger partial charge on any atom is -0.450 e. The Labute approximate surface area is 135 Å². The number of aromatic nitrogens is 3. The molecule has 4 aromatic rings. The van der Waals surface area contributed by atoms with E-state index < -0.39 is 5.63 Å². The molecule has 0 spiro atoms. The highest BCUT2D eigenvalue weighted by Gasteiger charge is 2.26. The highest BCUT2D eigenvalue weighted by Crippen LogP contribution is 2.33. The molecule has 24 heavy (non-hydrogen) atoms. The number of rotatable bonds is 2. The molecule has 0 unspecified atom stereocenters. The van der Waals surface area contributed by atoms with E-state index in [0.717, 1.165) is 5.56 Å². The van der Waals surface area contributed by atoms with Gasteiger partial charge in [0.05, 0.1) is 5.39 Å². The molecule has 0 saturated heterocycles. The predicted molar refractivity (Wildman–Crippen MR) is 86.7 cm³/mol. The van der Waals surface area contributed by atoms with Crippen LogP contribution in [0.15, 0.2) is 38.2 Å². The summed E-state index contributed by atoms with van der Waals surface area (Å²) in [6.45, 7) is 4.95. The molecule has 0 N–H and O–H groups in total. The highest BCUT2D eigenvalue weighted by atomic mass is 16.4. The van der Waals surface area contributed by atoms with Crippen LogP contribution in [0.4, 0.5) is 0 Å².